The zero-order valence-corrected chi connectivity index (χ0v) is 12.3. The zero-order valence-electron chi connectivity index (χ0n) is 11.5. The first-order valence-corrected chi connectivity index (χ1v) is 7.01. The molecule has 0 radical (unpaired) electrons. The molecule has 1 aliphatic rings. The number of anilines is 1. The smallest absolute Gasteiger partial charge is 0.205 e. The molecule has 0 unspecified atom stereocenters. The van der Waals surface area contributed by atoms with Gasteiger partial charge in [-0.05, 0) is 20.8 Å². The summed E-state index contributed by atoms with van der Waals surface area (Å²) in [6.45, 7) is 9.27. The Kier molecular flexibility index (Phi) is 3.91. The van der Waals surface area contributed by atoms with Crippen molar-refractivity contribution in [3.63, 3.8) is 0 Å². The molecule has 0 amide bonds. The lowest BCUT2D eigenvalue weighted by Crippen LogP contribution is -2.59. The fourth-order valence-electron chi connectivity index (χ4n) is 2.16. The second-order valence-electron chi connectivity index (χ2n) is 5.14. The average molecular weight is 284 g/mol. The number of aromatic nitrogens is 2. The van der Waals surface area contributed by atoms with Gasteiger partial charge in [0, 0.05) is 37.7 Å². The molecule has 1 aromatic heterocycles. The molecule has 0 atom stereocenters. The van der Waals surface area contributed by atoms with E-state index in [1.54, 1.807) is 0 Å². The molecule has 3 N–H and O–H groups in total. The summed E-state index contributed by atoms with van der Waals surface area (Å²) in [7, 11) is 0. The molecule has 0 bridgehead atoms. The monoisotopic (exact) mass is 284 g/mol. The Bertz CT molecular complexity index is 464. The van der Waals surface area contributed by atoms with Crippen LogP contribution in [0.1, 0.15) is 19.7 Å². The molecule has 7 nitrogen and oxygen atoms in total. The molecule has 2 rings (SSSR count). The number of piperazine rings is 1. The standard InChI is InChI=1S/C11H20N6OS/c1-8-13-10(19-15-8)16-4-6-17(7-5-16)11(2,3)9(12)14-18/h18H,4-7H2,1-3H3,(H2,12,14). The summed E-state index contributed by atoms with van der Waals surface area (Å²) in [5.41, 5.74) is 5.32. The molecule has 0 spiro atoms. The van der Waals surface area contributed by atoms with Gasteiger partial charge >= 0.3 is 0 Å². The molecule has 2 heterocycles. The van der Waals surface area contributed by atoms with Gasteiger partial charge in [0.15, 0.2) is 5.84 Å². The number of aryl methyl sites for hydroxylation is 1. The maximum Gasteiger partial charge on any atom is 0.205 e. The molecule has 0 aliphatic carbocycles. The average Bonchev–Trinajstić information content (AvgIpc) is 2.84. The van der Waals surface area contributed by atoms with E-state index in [9.17, 15) is 0 Å². The Morgan fingerprint density at radius 3 is 2.47 bits per heavy atom. The summed E-state index contributed by atoms with van der Waals surface area (Å²) in [5.74, 6) is 1.06. The van der Waals surface area contributed by atoms with E-state index in [-0.39, 0.29) is 5.84 Å². The maximum absolute atomic E-state index is 8.84. The molecule has 106 valence electrons. The highest BCUT2D eigenvalue weighted by atomic mass is 32.1. The van der Waals surface area contributed by atoms with Gasteiger partial charge in [0.05, 0.1) is 5.54 Å². The SMILES string of the molecule is Cc1nsc(N2CCN(C(C)(C)C(N)=NO)CC2)n1. The van der Waals surface area contributed by atoms with Crippen LogP contribution in [0.2, 0.25) is 0 Å². The Labute approximate surface area is 116 Å². The van der Waals surface area contributed by atoms with Crippen LogP contribution in [0.15, 0.2) is 5.16 Å². The van der Waals surface area contributed by atoms with E-state index in [0.29, 0.717) is 0 Å². The van der Waals surface area contributed by atoms with Crippen LogP contribution in [-0.4, -0.2) is 57.0 Å². The highest BCUT2D eigenvalue weighted by Gasteiger charge is 2.34. The van der Waals surface area contributed by atoms with E-state index in [4.69, 9.17) is 10.9 Å². The highest BCUT2D eigenvalue weighted by molar-refractivity contribution is 7.09. The van der Waals surface area contributed by atoms with Crippen LogP contribution in [-0.2, 0) is 0 Å². The van der Waals surface area contributed by atoms with E-state index >= 15 is 0 Å². The van der Waals surface area contributed by atoms with Gasteiger partial charge < -0.3 is 15.8 Å². The number of hydrogen-bond acceptors (Lipinski definition) is 7. The molecule has 0 saturated carbocycles. The molecule has 1 aromatic rings. The number of rotatable bonds is 3. The quantitative estimate of drug-likeness (QED) is 0.363. The van der Waals surface area contributed by atoms with Crippen molar-refractivity contribution in [1.82, 2.24) is 14.3 Å². The van der Waals surface area contributed by atoms with Crippen molar-refractivity contribution in [2.75, 3.05) is 31.1 Å². The Hall–Kier alpha value is -1.41. The number of amidine groups is 1. The minimum absolute atomic E-state index is 0.243. The van der Waals surface area contributed by atoms with Gasteiger partial charge in [0.25, 0.3) is 0 Å². The topological polar surface area (TPSA) is 90.9 Å². The van der Waals surface area contributed by atoms with Gasteiger partial charge in [-0.25, -0.2) is 4.98 Å². The molecule has 1 aliphatic heterocycles. The molecule has 1 saturated heterocycles. The van der Waals surface area contributed by atoms with Gasteiger partial charge in [-0.1, -0.05) is 5.16 Å². The second-order valence-corrected chi connectivity index (χ2v) is 5.87. The largest absolute Gasteiger partial charge is 0.409 e. The summed E-state index contributed by atoms with van der Waals surface area (Å²) >= 11 is 1.43. The summed E-state index contributed by atoms with van der Waals surface area (Å²) in [6, 6.07) is 0. The summed E-state index contributed by atoms with van der Waals surface area (Å²) < 4.78 is 4.20. The van der Waals surface area contributed by atoms with Crippen LogP contribution in [0.3, 0.4) is 0 Å². The predicted octanol–water partition coefficient (Wildman–Crippen LogP) is 0.494. The van der Waals surface area contributed by atoms with Crippen molar-refractivity contribution in [2.45, 2.75) is 26.3 Å². The number of hydrogen-bond donors (Lipinski definition) is 2. The summed E-state index contributed by atoms with van der Waals surface area (Å²) in [5, 5.41) is 12.9. The molecular formula is C11H20N6OS. The van der Waals surface area contributed by atoms with Crippen molar-refractivity contribution in [1.29, 1.82) is 0 Å². The third kappa shape index (κ3) is 2.79. The minimum atomic E-state index is -0.433. The van der Waals surface area contributed by atoms with E-state index in [1.807, 2.05) is 20.8 Å². The first-order chi connectivity index (χ1) is 8.95. The lowest BCUT2D eigenvalue weighted by molar-refractivity contribution is 0.161. The van der Waals surface area contributed by atoms with Crippen molar-refractivity contribution in [3.8, 4) is 0 Å². The van der Waals surface area contributed by atoms with Crippen LogP contribution in [0.5, 0.6) is 0 Å². The fraction of sp³-hybridized carbons (Fsp3) is 0.727. The minimum Gasteiger partial charge on any atom is -0.409 e. The van der Waals surface area contributed by atoms with Crippen LogP contribution >= 0.6 is 11.5 Å². The summed E-state index contributed by atoms with van der Waals surface area (Å²) in [4.78, 5) is 8.84. The van der Waals surface area contributed by atoms with Crippen molar-refractivity contribution in [3.05, 3.63) is 5.82 Å². The third-order valence-corrected chi connectivity index (χ3v) is 4.46. The van der Waals surface area contributed by atoms with Crippen LogP contribution in [0.4, 0.5) is 5.13 Å². The van der Waals surface area contributed by atoms with E-state index in [0.717, 1.165) is 37.1 Å². The molecular weight excluding hydrogens is 264 g/mol. The van der Waals surface area contributed by atoms with Gasteiger partial charge in [0.2, 0.25) is 5.13 Å². The molecule has 19 heavy (non-hydrogen) atoms. The van der Waals surface area contributed by atoms with E-state index < -0.39 is 5.54 Å². The van der Waals surface area contributed by atoms with E-state index in [1.165, 1.54) is 11.5 Å². The van der Waals surface area contributed by atoms with E-state index in [2.05, 4.69) is 24.3 Å². The normalized spacial score (nSPS) is 18.9. The number of oxime groups is 1. The fourth-order valence-corrected chi connectivity index (χ4v) is 2.88. The Balaban J connectivity index is 1.99. The van der Waals surface area contributed by atoms with Crippen molar-refractivity contribution < 1.29 is 5.21 Å². The zero-order chi connectivity index (χ0) is 14.0. The lowest BCUT2D eigenvalue weighted by atomic mass is 10.0. The number of nitrogens with two attached hydrogens (primary N) is 1. The Morgan fingerprint density at radius 2 is 2.00 bits per heavy atom. The summed E-state index contributed by atoms with van der Waals surface area (Å²) in [6.07, 6.45) is 0. The number of nitrogens with zero attached hydrogens (tertiary/aromatic N) is 5. The predicted molar refractivity (Wildman–Crippen MR) is 75.9 cm³/mol. The van der Waals surface area contributed by atoms with Crippen LogP contribution in [0.25, 0.3) is 0 Å². The van der Waals surface area contributed by atoms with Gasteiger partial charge in [-0.3, -0.25) is 4.90 Å². The van der Waals surface area contributed by atoms with Crippen molar-refractivity contribution in [2.24, 2.45) is 10.9 Å². The second kappa shape index (κ2) is 5.30. The lowest BCUT2D eigenvalue weighted by Gasteiger charge is -2.43. The first-order valence-electron chi connectivity index (χ1n) is 6.23. The highest BCUT2D eigenvalue weighted by Crippen LogP contribution is 2.22. The van der Waals surface area contributed by atoms with Gasteiger partial charge in [-0.2, -0.15) is 4.37 Å². The van der Waals surface area contributed by atoms with Gasteiger partial charge in [-0.15, -0.1) is 0 Å². The Morgan fingerprint density at radius 1 is 1.37 bits per heavy atom. The van der Waals surface area contributed by atoms with Gasteiger partial charge in [0.1, 0.15) is 5.82 Å². The van der Waals surface area contributed by atoms with Crippen molar-refractivity contribution >= 4 is 22.5 Å². The molecule has 1 fully saturated rings. The third-order valence-electron chi connectivity index (χ3n) is 3.59. The van der Waals surface area contributed by atoms with Crippen LogP contribution < -0.4 is 10.6 Å². The van der Waals surface area contributed by atoms with Crippen LogP contribution in [0, 0.1) is 6.92 Å². The molecule has 8 heteroatoms. The first kappa shape index (κ1) is 14.0. The maximum atomic E-state index is 8.84. The molecule has 0 aromatic carbocycles.